The molecule has 23 heavy (non-hydrogen) atoms. The second kappa shape index (κ2) is 8.53. The Morgan fingerprint density at radius 2 is 2.04 bits per heavy atom. The SMILES string of the molecule is CC(CO)[C@@H](OC1CCC1)C(O)C1OC(C)(OCCBr)O[C@@H]1O. The molecule has 0 aromatic heterocycles. The van der Waals surface area contributed by atoms with Gasteiger partial charge in [0.25, 0.3) is 5.97 Å². The van der Waals surface area contributed by atoms with Crippen LogP contribution in [-0.4, -0.2) is 70.5 Å². The molecule has 4 unspecified atom stereocenters. The average molecular weight is 399 g/mol. The van der Waals surface area contributed by atoms with E-state index in [4.69, 9.17) is 18.9 Å². The zero-order valence-corrected chi connectivity index (χ0v) is 15.1. The van der Waals surface area contributed by atoms with E-state index >= 15 is 0 Å². The van der Waals surface area contributed by atoms with Crippen molar-refractivity contribution in [3.05, 3.63) is 0 Å². The predicted octanol–water partition coefficient (Wildman–Crippen LogP) is 0.732. The van der Waals surface area contributed by atoms with Crippen LogP contribution < -0.4 is 0 Å². The van der Waals surface area contributed by atoms with Crippen molar-refractivity contribution in [1.82, 2.24) is 0 Å². The lowest BCUT2D eigenvalue weighted by molar-refractivity contribution is -0.339. The molecular weight excluding hydrogens is 372 g/mol. The molecule has 6 atom stereocenters. The third-order valence-corrected chi connectivity index (χ3v) is 4.65. The van der Waals surface area contributed by atoms with Gasteiger partial charge in [-0.15, -0.1) is 0 Å². The molecule has 0 aromatic rings. The third kappa shape index (κ3) is 4.85. The number of aliphatic hydroxyl groups excluding tert-OH is 3. The van der Waals surface area contributed by atoms with Crippen molar-refractivity contribution in [3.63, 3.8) is 0 Å². The van der Waals surface area contributed by atoms with Gasteiger partial charge in [0.1, 0.15) is 12.2 Å². The van der Waals surface area contributed by atoms with E-state index in [1.807, 2.05) is 0 Å². The number of hydrogen-bond donors (Lipinski definition) is 3. The monoisotopic (exact) mass is 398 g/mol. The fourth-order valence-electron chi connectivity index (χ4n) is 2.72. The number of aliphatic hydroxyl groups is 3. The van der Waals surface area contributed by atoms with Gasteiger partial charge in [0.15, 0.2) is 6.29 Å². The Morgan fingerprint density at radius 3 is 2.57 bits per heavy atom. The van der Waals surface area contributed by atoms with Gasteiger partial charge in [0.05, 0.1) is 18.8 Å². The van der Waals surface area contributed by atoms with Crippen LogP contribution in [0.15, 0.2) is 0 Å². The first-order chi connectivity index (χ1) is 10.9. The number of rotatable bonds is 9. The molecule has 2 fully saturated rings. The van der Waals surface area contributed by atoms with E-state index in [0.717, 1.165) is 19.3 Å². The van der Waals surface area contributed by atoms with Crippen molar-refractivity contribution in [2.24, 2.45) is 5.92 Å². The quantitative estimate of drug-likeness (QED) is 0.492. The summed E-state index contributed by atoms with van der Waals surface area (Å²) in [6, 6.07) is 0. The summed E-state index contributed by atoms with van der Waals surface area (Å²) >= 11 is 3.24. The molecule has 2 rings (SSSR count). The van der Waals surface area contributed by atoms with E-state index in [1.54, 1.807) is 13.8 Å². The van der Waals surface area contributed by atoms with Crippen LogP contribution in [0.2, 0.25) is 0 Å². The molecular formula is C15H27BrO7. The minimum absolute atomic E-state index is 0.0825. The van der Waals surface area contributed by atoms with E-state index < -0.39 is 30.6 Å². The van der Waals surface area contributed by atoms with Crippen molar-refractivity contribution < 1.29 is 34.3 Å². The van der Waals surface area contributed by atoms with Gasteiger partial charge in [-0.2, -0.15) is 0 Å². The molecule has 1 saturated carbocycles. The first kappa shape index (κ1) is 19.5. The van der Waals surface area contributed by atoms with Gasteiger partial charge in [-0.1, -0.05) is 22.9 Å². The van der Waals surface area contributed by atoms with Crippen LogP contribution >= 0.6 is 15.9 Å². The summed E-state index contributed by atoms with van der Waals surface area (Å²) in [5, 5.41) is 30.7. The fraction of sp³-hybridized carbons (Fsp3) is 1.00. The third-order valence-electron chi connectivity index (χ3n) is 4.33. The molecule has 7 nitrogen and oxygen atoms in total. The van der Waals surface area contributed by atoms with Gasteiger partial charge in [-0.25, -0.2) is 0 Å². The molecule has 0 bridgehead atoms. The van der Waals surface area contributed by atoms with E-state index in [0.29, 0.717) is 11.9 Å². The lowest BCUT2D eigenvalue weighted by atomic mass is 9.92. The van der Waals surface area contributed by atoms with Crippen LogP contribution in [0.25, 0.3) is 0 Å². The Balaban J connectivity index is 2.01. The Hall–Kier alpha value is 0.200. The molecule has 0 aromatic carbocycles. The maximum Gasteiger partial charge on any atom is 0.282 e. The zero-order valence-electron chi connectivity index (χ0n) is 13.6. The number of halogens is 1. The highest BCUT2D eigenvalue weighted by Crippen LogP contribution is 2.34. The highest BCUT2D eigenvalue weighted by molar-refractivity contribution is 9.09. The Kier molecular flexibility index (Phi) is 7.24. The van der Waals surface area contributed by atoms with E-state index in [1.165, 1.54) is 0 Å². The van der Waals surface area contributed by atoms with Crippen molar-refractivity contribution in [2.45, 2.75) is 69.8 Å². The smallest absolute Gasteiger partial charge is 0.282 e. The standard InChI is InChI=1S/C15H27BrO7/c1-9(8-17)12(21-10-4-3-5-10)11(18)13-14(19)23-15(2,22-13)20-7-6-16/h9-14,17-19H,3-8H2,1-2H3/t9?,11?,12-,13?,14+,15?/m1/s1. The molecule has 8 heteroatoms. The predicted molar refractivity (Wildman–Crippen MR) is 84.9 cm³/mol. The molecule has 3 N–H and O–H groups in total. The minimum atomic E-state index is -1.41. The summed E-state index contributed by atoms with van der Waals surface area (Å²) in [4.78, 5) is 0. The highest BCUT2D eigenvalue weighted by atomic mass is 79.9. The number of ether oxygens (including phenoxy) is 4. The summed E-state index contributed by atoms with van der Waals surface area (Å²) in [5.41, 5.74) is 0. The van der Waals surface area contributed by atoms with Crippen LogP contribution in [0.1, 0.15) is 33.1 Å². The second-order valence-electron chi connectivity index (χ2n) is 6.29. The summed E-state index contributed by atoms with van der Waals surface area (Å²) in [5.74, 6) is -1.71. The Labute approximate surface area is 145 Å². The molecule has 136 valence electrons. The largest absolute Gasteiger partial charge is 0.396 e. The summed E-state index contributed by atoms with van der Waals surface area (Å²) < 4.78 is 22.2. The first-order valence-corrected chi connectivity index (χ1v) is 9.20. The second-order valence-corrected chi connectivity index (χ2v) is 7.09. The maximum atomic E-state index is 10.6. The summed E-state index contributed by atoms with van der Waals surface area (Å²) in [6.07, 6.45) is -1.05. The van der Waals surface area contributed by atoms with Crippen LogP contribution in [0.3, 0.4) is 0 Å². The van der Waals surface area contributed by atoms with Crippen molar-refractivity contribution in [3.8, 4) is 0 Å². The number of hydrogen-bond acceptors (Lipinski definition) is 7. The first-order valence-electron chi connectivity index (χ1n) is 8.08. The fourth-order valence-corrected chi connectivity index (χ4v) is 2.88. The van der Waals surface area contributed by atoms with Crippen molar-refractivity contribution >= 4 is 15.9 Å². The summed E-state index contributed by atoms with van der Waals surface area (Å²) in [6.45, 7) is 3.54. The van der Waals surface area contributed by atoms with Crippen LogP contribution in [-0.2, 0) is 18.9 Å². The van der Waals surface area contributed by atoms with Crippen LogP contribution in [0.5, 0.6) is 0 Å². The maximum absolute atomic E-state index is 10.6. The zero-order chi connectivity index (χ0) is 17.0. The molecule has 1 aliphatic carbocycles. The van der Waals surface area contributed by atoms with Gasteiger partial charge in [0, 0.05) is 24.8 Å². The van der Waals surface area contributed by atoms with E-state index in [2.05, 4.69) is 15.9 Å². The lowest BCUT2D eigenvalue weighted by Gasteiger charge is -2.37. The van der Waals surface area contributed by atoms with Gasteiger partial charge in [-0.3, -0.25) is 4.74 Å². The average Bonchev–Trinajstić information content (AvgIpc) is 2.78. The molecule has 1 aliphatic heterocycles. The molecule has 0 amide bonds. The minimum Gasteiger partial charge on any atom is -0.396 e. The molecule has 1 heterocycles. The normalized spacial score (nSPS) is 35.7. The Morgan fingerprint density at radius 1 is 1.35 bits per heavy atom. The summed E-state index contributed by atoms with van der Waals surface area (Å²) in [7, 11) is 0. The van der Waals surface area contributed by atoms with E-state index in [9.17, 15) is 15.3 Å². The van der Waals surface area contributed by atoms with Gasteiger partial charge >= 0.3 is 0 Å². The van der Waals surface area contributed by atoms with Gasteiger partial charge in [-0.05, 0) is 19.3 Å². The molecule has 0 radical (unpaired) electrons. The molecule has 2 aliphatic rings. The topological polar surface area (TPSA) is 97.6 Å². The van der Waals surface area contributed by atoms with Gasteiger partial charge < -0.3 is 29.5 Å². The molecule has 1 saturated heterocycles. The van der Waals surface area contributed by atoms with Gasteiger partial charge in [0.2, 0.25) is 0 Å². The molecule has 0 spiro atoms. The van der Waals surface area contributed by atoms with Crippen molar-refractivity contribution in [1.29, 1.82) is 0 Å². The Bertz CT molecular complexity index is 368. The van der Waals surface area contributed by atoms with Crippen LogP contribution in [0.4, 0.5) is 0 Å². The highest BCUT2D eigenvalue weighted by Gasteiger charge is 2.51. The lowest BCUT2D eigenvalue weighted by Crippen LogP contribution is -2.50. The number of alkyl halides is 1. The van der Waals surface area contributed by atoms with Crippen molar-refractivity contribution in [2.75, 3.05) is 18.5 Å². The van der Waals surface area contributed by atoms with E-state index in [-0.39, 0.29) is 18.6 Å². The van der Waals surface area contributed by atoms with Crippen LogP contribution in [0, 0.1) is 5.92 Å².